The fourth-order valence-corrected chi connectivity index (χ4v) is 5.12. The molecular weight excluding hydrogens is 432 g/mol. The van der Waals surface area contributed by atoms with E-state index in [-0.39, 0.29) is 12.1 Å². The van der Waals surface area contributed by atoms with Gasteiger partial charge in [0.15, 0.2) is 0 Å². The van der Waals surface area contributed by atoms with E-state index in [0.29, 0.717) is 5.90 Å². The van der Waals surface area contributed by atoms with Crippen LogP contribution in [0.15, 0.2) is 114 Å². The van der Waals surface area contributed by atoms with Crippen molar-refractivity contribution in [3.05, 3.63) is 126 Å². The Labute approximate surface area is 203 Å². The molecule has 7 rings (SSSR count). The summed E-state index contributed by atoms with van der Waals surface area (Å²) >= 11 is 0. The molecule has 0 saturated heterocycles. The number of benzene rings is 4. The maximum atomic E-state index is 6.26. The lowest BCUT2D eigenvalue weighted by Crippen LogP contribution is -2.13. The largest absolute Gasteiger partial charge is 0.471 e. The van der Waals surface area contributed by atoms with Crippen molar-refractivity contribution in [2.45, 2.75) is 18.6 Å². The monoisotopic (exact) mass is 454 g/mol. The normalized spacial score (nSPS) is 18.0. The van der Waals surface area contributed by atoms with Gasteiger partial charge in [-0.2, -0.15) is 0 Å². The van der Waals surface area contributed by atoms with Gasteiger partial charge < -0.3 is 9.47 Å². The fourth-order valence-electron chi connectivity index (χ4n) is 5.12. The van der Waals surface area contributed by atoms with E-state index < -0.39 is 0 Å². The molecule has 4 nitrogen and oxygen atoms in total. The van der Waals surface area contributed by atoms with Crippen molar-refractivity contribution >= 4 is 16.7 Å². The number of aromatic nitrogens is 1. The molecule has 5 aromatic rings. The van der Waals surface area contributed by atoms with E-state index in [9.17, 15) is 0 Å². The predicted octanol–water partition coefficient (Wildman–Crippen LogP) is 7.14. The molecule has 35 heavy (non-hydrogen) atoms. The summed E-state index contributed by atoms with van der Waals surface area (Å²) < 4.78 is 12.5. The first-order chi connectivity index (χ1) is 17.3. The van der Waals surface area contributed by atoms with Crippen LogP contribution in [0.1, 0.15) is 22.7 Å². The van der Waals surface area contributed by atoms with E-state index in [1.54, 1.807) is 0 Å². The maximum absolute atomic E-state index is 6.26. The lowest BCUT2D eigenvalue weighted by molar-refractivity contribution is 0.206. The van der Waals surface area contributed by atoms with E-state index in [4.69, 9.17) is 14.5 Å². The van der Waals surface area contributed by atoms with Crippen molar-refractivity contribution in [3.8, 4) is 22.8 Å². The van der Waals surface area contributed by atoms with Gasteiger partial charge in [0.25, 0.3) is 0 Å². The molecule has 4 heteroatoms. The number of aliphatic imine (C=N–C) groups is 1. The molecular formula is C31H22N2O2. The van der Waals surface area contributed by atoms with Crippen LogP contribution in [0.5, 0.6) is 11.5 Å². The fraction of sp³-hybridized carbons (Fsp3) is 0.0968. The second kappa shape index (κ2) is 8.10. The summed E-state index contributed by atoms with van der Waals surface area (Å²) in [6.45, 7) is 0. The van der Waals surface area contributed by atoms with Gasteiger partial charge >= 0.3 is 0 Å². The van der Waals surface area contributed by atoms with Gasteiger partial charge in [0.1, 0.15) is 23.6 Å². The highest BCUT2D eigenvalue weighted by molar-refractivity contribution is 5.96. The quantitative estimate of drug-likeness (QED) is 0.290. The minimum atomic E-state index is 0.0793. The molecule has 0 saturated carbocycles. The van der Waals surface area contributed by atoms with E-state index in [1.807, 2.05) is 66.9 Å². The molecule has 2 heterocycles. The zero-order valence-electron chi connectivity index (χ0n) is 19.0. The Bertz CT molecular complexity index is 1600. The topological polar surface area (TPSA) is 43.7 Å². The highest BCUT2D eigenvalue weighted by Gasteiger charge is 2.39. The average Bonchev–Trinajstić information content (AvgIpc) is 3.47. The predicted molar refractivity (Wildman–Crippen MR) is 138 cm³/mol. The number of pyridine rings is 1. The van der Waals surface area contributed by atoms with Crippen LogP contribution in [0, 0.1) is 0 Å². The van der Waals surface area contributed by atoms with Crippen LogP contribution < -0.4 is 4.74 Å². The molecule has 1 aromatic heterocycles. The van der Waals surface area contributed by atoms with Gasteiger partial charge in [0.05, 0.1) is 5.69 Å². The van der Waals surface area contributed by atoms with Crippen LogP contribution in [-0.4, -0.2) is 17.0 Å². The minimum absolute atomic E-state index is 0.0793. The molecule has 0 radical (unpaired) electrons. The Morgan fingerprint density at radius 3 is 2.43 bits per heavy atom. The lowest BCUT2D eigenvalue weighted by atomic mass is 10.0. The number of ether oxygens (including phenoxy) is 2. The summed E-state index contributed by atoms with van der Waals surface area (Å²) in [5.41, 5.74) is 5.51. The van der Waals surface area contributed by atoms with Crippen molar-refractivity contribution in [1.82, 2.24) is 4.98 Å². The van der Waals surface area contributed by atoms with Crippen LogP contribution in [0.2, 0.25) is 0 Å². The summed E-state index contributed by atoms with van der Waals surface area (Å²) in [6, 6.07) is 34.9. The highest BCUT2D eigenvalue weighted by atomic mass is 16.5. The van der Waals surface area contributed by atoms with Crippen LogP contribution in [0.3, 0.4) is 0 Å². The zero-order chi connectivity index (χ0) is 23.2. The van der Waals surface area contributed by atoms with Crippen LogP contribution >= 0.6 is 0 Å². The Balaban J connectivity index is 1.17. The Morgan fingerprint density at radius 2 is 1.51 bits per heavy atom. The van der Waals surface area contributed by atoms with E-state index in [0.717, 1.165) is 40.1 Å². The van der Waals surface area contributed by atoms with Gasteiger partial charge in [0.2, 0.25) is 5.90 Å². The van der Waals surface area contributed by atoms with Crippen LogP contribution in [0.25, 0.3) is 22.0 Å². The summed E-state index contributed by atoms with van der Waals surface area (Å²) in [4.78, 5) is 9.57. The number of rotatable bonds is 4. The molecule has 4 aromatic carbocycles. The third-order valence-electron chi connectivity index (χ3n) is 6.76. The average molecular weight is 455 g/mol. The van der Waals surface area contributed by atoms with Gasteiger partial charge in [0, 0.05) is 29.1 Å². The summed E-state index contributed by atoms with van der Waals surface area (Å²) in [6.07, 6.45) is 2.83. The van der Waals surface area contributed by atoms with E-state index in [1.165, 1.54) is 16.5 Å². The minimum Gasteiger partial charge on any atom is -0.471 e. The van der Waals surface area contributed by atoms with Crippen molar-refractivity contribution in [2.75, 3.05) is 0 Å². The molecule has 168 valence electrons. The number of hydrogen-bond donors (Lipinski definition) is 0. The second-order valence-electron chi connectivity index (χ2n) is 8.98. The molecule has 0 amide bonds. The number of nitrogens with zero attached hydrogens (tertiary/aromatic N) is 2. The van der Waals surface area contributed by atoms with Crippen LogP contribution in [-0.2, 0) is 11.2 Å². The van der Waals surface area contributed by atoms with Crippen molar-refractivity contribution in [3.63, 3.8) is 0 Å². The number of fused-ring (bicyclic) bond motifs is 4. The SMILES string of the molecule is c1cc(Oc2cccc(-c3nccc4ccccc34)c2)cc(C2=N[C@H]3c4ccccc4C[C@H]3O2)c1. The summed E-state index contributed by atoms with van der Waals surface area (Å²) in [5.74, 6) is 2.19. The Hall–Kier alpha value is -4.44. The highest BCUT2D eigenvalue weighted by Crippen LogP contribution is 2.41. The number of hydrogen-bond acceptors (Lipinski definition) is 4. The summed E-state index contributed by atoms with van der Waals surface area (Å²) in [7, 11) is 0. The first kappa shape index (κ1) is 20.0. The van der Waals surface area contributed by atoms with Gasteiger partial charge in [-0.1, -0.05) is 66.7 Å². The van der Waals surface area contributed by atoms with Crippen LogP contribution in [0.4, 0.5) is 0 Å². The molecule has 0 bridgehead atoms. The molecule has 1 aliphatic carbocycles. The molecule has 2 aliphatic rings. The first-order valence-corrected chi connectivity index (χ1v) is 11.9. The molecule has 2 atom stereocenters. The lowest BCUT2D eigenvalue weighted by Gasteiger charge is -2.11. The van der Waals surface area contributed by atoms with Crippen molar-refractivity contribution in [1.29, 1.82) is 0 Å². The Morgan fingerprint density at radius 1 is 0.743 bits per heavy atom. The van der Waals surface area contributed by atoms with E-state index in [2.05, 4.69) is 47.4 Å². The van der Waals surface area contributed by atoms with Crippen molar-refractivity contribution in [2.24, 2.45) is 4.99 Å². The zero-order valence-corrected chi connectivity index (χ0v) is 19.0. The third kappa shape index (κ3) is 3.55. The van der Waals surface area contributed by atoms with Gasteiger partial charge in [-0.15, -0.1) is 0 Å². The molecule has 0 spiro atoms. The molecule has 1 aliphatic heterocycles. The standard InChI is InChI=1S/C31H22N2O2/c1-3-13-26-20(7-1)15-16-32-29(26)22-9-5-11-24(17-22)34-25-12-6-10-23(18-25)31-33-30-27-14-4-2-8-21(27)19-28(30)35-31/h1-18,28,30H,19H2/t28-,30+/m1/s1. The summed E-state index contributed by atoms with van der Waals surface area (Å²) in [5, 5.41) is 2.29. The second-order valence-corrected chi connectivity index (χ2v) is 8.98. The third-order valence-corrected chi connectivity index (χ3v) is 6.76. The van der Waals surface area contributed by atoms with Gasteiger partial charge in [-0.3, -0.25) is 4.98 Å². The van der Waals surface area contributed by atoms with E-state index >= 15 is 0 Å². The molecule has 0 fully saturated rings. The Kier molecular flexibility index (Phi) is 4.62. The smallest absolute Gasteiger partial charge is 0.217 e. The van der Waals surface area contributed by atoms with Gasteiger partial charge in [-0.05, 0) is 52.9 Å². The molecule has 0 unspecified atom stereocenters. The van der Waals surface area contributed by atoms with Gasteiger partial charge in [-0.25, -0.2) is 4.99 Å². The first-order valence-electron chi connectivity index (χ1n) is 11.9. The maximum Gasteiger partial charge on any atom is 0.217 e. The molecule has 0 N–H and O–H groups in total. The van der Waals surface area contributed by atoms with Crippen molar-refractivity contribution < 1.29 is 9.47 Å².